The molecule has 114 valence electrons. The fourth-order valence-corrected chi connectivity index (χ4v) is 2.44. The molecule has 5 nitrogen and oxygen atoms in total. The summed E-state index contributed by atoms with van der Waals surface area (Å²) in [4.78, 5) is 27.3. The van der Waals surface area contributed by atoms with Crippen LogP contribution in [0.2, 0.25) is 0 Å². The van der Waals surface area contributed by atoms with E-state index in [0.29, 0.717) is 22.3 Å². The van der Waals surface area contributed by atoms with Crippen molar-refractivity contribution in [1.29, 1.82) is 0 Å². The number of carboxylic acids is 1. The molecule has 2 aromatic carbocycles. The maximum atomic E-state index is 11.6. The Labute approximate surface area is 132 Å². The van der Waals surface area contributed by atoms with Crippen LogP contribution in [0.5, 0.6) is 0 Å². The Morgan fingerprint density at radius 1 is 1.04 bits per heavy atom. The van der Waals surface area contributed by atoms with Crippen LogP contribution in [0.4, 0.5) is 5.69 Å². The molecule has 0 aliphatic heterocycles. The maximum Gasteiger partial charge on any atom is 0.336 e. The summed E-state index contributed by atoms with van der Waals surface area (Å²) in [6, 6.07) is 15.9. The molecule has 1 aromatic heterocycles. The van der Waals surface area contributed by atoms with Gasteiger partial charge in [-0.3, -0.25) is 4.79 Å². The number of hydrogen-bond acceptors (Lipinski definition) is 3. The first-order chi connectivity index (χ1) is 11.0. The minimum atomic E-state index is -1.01. The van der Waals surface area contributed by atoms with E-state index in [9.17, 15) is 14.7 Å². The molecule has 0 aliphatic rings. The Kier molecular flexibility index (Phi) is 3.76. The van der Waals surface area contributed by atoms with Crippen molar-refractivity contribution in [2.75, 3.05) is 5.32 Å². The van der Waals surface area contributed by atoms with Crippen LogP contribution in [0.25, 0.3) is 22.2 Å². The fraction of sp³-hybridized carbons (Fsp3) is 0.0556. The van der Waals surface area contributed by atoms with Gasteiger partial charge in [0.1, 0.15) is 0 Å². The van der Waals surface area contributed by atoms with Crippen molar-refractivity contribution in [3.63, 3.8) is 0 Å². The van der Waals surface area contributed by atoms with Gasteiger partial charge in [0.2, 0.25) is 5.91 Å². The topological polar surface area (TPSA) is 79.3 Å². The molecule has 0 saturated heterocycles. The number of nitrogens with zero attached hydrogens (tertiary/aromatic N) is 1. The van der Waals surface area contributed by atoms with Crippen LogP contribution < -0.4 is 5.32 Å². The van der Waals surface area contributed by atoms with E-state index in [1.807, 2.05) is 30.3 Å². The van der Waals surface area contributed by atoms with Gasteiger partial charge in [0, 0.05) is 23.6 Å². The molecule has 5 heteroatoms. The van der Waals surface area contributed by atoms with Crippen LogP contribution in [0.15, 0.2) is 54.6 Å². The summed E-state index contributed by atoms with van der Waals surface area (Å²) in [6.45, 7) is 1.42. The molecule has 23 heavy (non-hydrogen) atoms. The summed E-state index contributed by atoms with van der Waals surface area (Å²) in [5.74, 6) is -1.20. The highest BCUT2D eigenvalue weighted by atomic mass is 16.4. The molecule has 3 rings (SSSR count). The summed E-state index contributed by atoms with van der Waals surface area (Å²) >= 11 is 0. The second kappa shape index (κ2) is 5.88. The summed E-state index contributed by atoms with van der Waals surface area (Å²) in [7, 11) is 0. The number of benzene rings is 2. The van der Waals surface area contributed by atoms with Crippen LogP contribution in [0.1, 0.15) is 17.3 Å². The van der Waals surface area contributed by atoms with E-state index in [-0.39, 0.29) is 11.5 Å². The highest BCUT2D eigenvalue weighted by molar-refractivity contribution is 6.05. The SMILES string of the molecule is CC(=O)Nc1ccc2c(C(=O)O)cc(-c3ccccc3)nc2c1. The zero-order valence-corrected chi connectivity index (χ0v) is 12.4. The lowest BCUT2D eigenvalue weighted by molar-refractivity contribution is -0.114. The second-order valence-corrected chi connectivity index (χ2v) is 5.14. The Hall–Kier alpha value is -3.21. The van der Waals surface area contributed by atoms with Gasteiger partial charge in [-0.15, -0.1) is 0 Å². The molecule has 1 heterocycles. The third-order valence-electron chi connectivity index (χ3n) is 3.43. The molecule has 0 unspecified atom stereocenters. The molecule has 0 spiro atoms. The summed E-state index contributed by atoms with van der Waals surface area (Å²) < 4.78 is 0. The lowest BCUT2D eigenvalue weighted by Crippen LogP contribution is -2.06. The van der Waals surface area contributed by atoms with E-state index in [2.05, 4.69) is 10.3 Å². The van der Waals surface area contributed by atoms with Crippen molar-refractivity contribution >= 4 is 28.5 Å². The monoisotopic (exact) mass is 306 g/mol. The number of anilines is 1. The Morgan fingerprint density at radius 2 is 1.78 bits per heavy atom. The Balaban J connectivity index is 2.23. The van der Waals surface area contributed by atoms with Crippen molar-refractivity contribution < 1.29 is 14.7 Å². The highest BCUT2D eigenvalue weighted by Crippen LogP contribution is 2.26. The average Bonchev–Trinajstić information content (AvgIpc) is 2.53. The van der Waals surface area contributed by atoms with Gasteiger partial charge in [0.15, 0.2) is 0 Å². The van der Waals surface area contributed by atoms with Crippen LogP contribution in [-0.2, 0) is 4.79 Å². The summed E-state index contributed by atoms with van der Waals surface area (Å²) in [6.07, 6.45) is 0. The third kappa shape index (κ3) is 3.03. The molecule has 3 aromatic rings. The summed E-state index contributed by atoms with van der Waals surface area (Å²) in [5.41, 5.74) is 2.70. The zero-order valence-electron chi connectivity index (χ0n) is 12.4. The van der Waals surface area contributed by atoms with E-state index in [1.165, 1.54) is 6.92 Å². The van der Waals surface area contributed by atoms with Crippen LogP contribution in [0.3, 0.4) is 0 Å². The molecule has 0 aliphatic carbocycles. The first kappa shape index (κ1) is 14.7. The molecule has 0 saturated carbocycles. The average molecular weight is 306 g/mol. The minimum Gasteiger partial charge on any atom is -0.478 e. The Morgan fingerprint density at radius 3 is 2.43 bits per heavy atom. The number of carboxylic acid groups (broad SMARTS) is 1. The number of pyridine rings is 1. The largest absolute Gasteiger partial charge is 0.478 e. The van der Waals surface area contributed by atoms with E-state index in [4.69, 9.17) is 0 Å². The van der Waals surface area contributed by atoms with Gasteiger partial charge in [-0.05, 0) is 24.3 Å². The zero-order chi connectivity index (χ0) is 16.4. The normalized spacial score (nSPS) is 10.5. The lowest BCUT2D eigenvalue weighted by Gasteiger charge is -2.09. The standard InChI is InChI=1S/C18H14N2O3/c1-11(21)19-13-7-8-14-15(18(22)23)10-16(20-17(14)9-13)12-5-3-2-4-6-12/h2-10H,1H3,(H,19,21)(H,22,23). The van der Waals surface area contributed by atoms with Crippen molar-refractivity contribution in [2.24, 2.45) is 0 Å². The number of rotatable bonds is 3. The van der Waals surface area contributed by atoms with Gasteiger partial charge >= 0.3 is 5.97 Å². The molecule has 0 radical (unpaired) electrons. The van der Waals surface area contributed by atoms with Crippen molar-refractivity contribution in [2.45, 2.75) is 6.92 Å². The maximum absolute atomic E-state index is 11.6. The molecule has 1 amide bonds. The van der Waals surface area contributed by atoms with Crippen molar-refractivity contribution in [3.8, 4) is 11.3 Å². The first-order valence-corrected chi connectivity index (χ1v) is 7.06. The predicted molar refractivity (Wildman–Crippen MR) is 88.4 cm³/mol. The number of carbonyl (C=O) groups is 2. The summed E-state index contributed by atoms with van der Waals surface area (Å²) in [5, 5.41) is 12.7. The third-order valence-corrected chi connectivity index (χ3v) is 3.43. The fourth-order valence-electron chi connectivity index (χ4n) is 2.44. The van der Waals surface area contributed by atoms with Crippen molar-refractivity contribution in [3.05, 3.63) is 60.2 Å². The lowest BCUT2D eigenvalue weighted by atomic mass is 10.0. The number of aromatic carboxylic acids is 1. The van der Waals surface area contributed by atoms with E-state index in [0.717, 1.165) is 5.56 Å². The molecule has 0 fully saturated rings. The van der Waals surface area contributed by atoms with Gasteiger partial charge in [-0.1, -0.05) is 30.3 Å². The van der Waals surface area contributed by atoms with Crippen LogP contribution in [-0.4, -0.2) is 22.0 Å². The predicted octanol–water partition coefficient (Wildman–Crippen LogP) is 3.56. The quantitative estimate of drug-likeness (QED) is 0.775. The van der Waals surface area contributed by atoms with E-state index >= 15 is 0 Å². The molecular weight excluding hydrogens is 292 g/mol. The number of fused-ring (bicyclic) bond motifs is 1. The number of nitrogens with one attached hydrogen (secondary N) is 1. The smallest absolute Gasteiger partial charge is 0.336 e. The molecule has 0 bridgehead atoms. The Bertz CT molecular complexity index is 905. The number of carbonyl (C=O) groups excluding carboxylic acids is 1. The van der Waals surface area contributed by atoms with Gasteiger partial charge < -0.3 is 10.4 Å². The van der Waals surface area contributed by atoms with E-state index < -0.39 is 5.97 Å². The number of hydrogen-bond donors (Lipinski definition) is 2. The first-order valence-electron chi connectivity index (χ1n) is 7.06. The highest BCUT2D eigenvalue weighted by Gasteiger charge is 2.13. The molecule has 2 N–H and O–H groups in total. The van der Waals surface area contributed by atoms with Crippen molar-refractivity contribution in [1.82, 2.24) is 4.98 Å². The molecule has 0 atom stereocenters. The van der Waals surface area contributed by atoms with Gasteiger partial charge in [0.25, 0.3) is 0 Å². The van der Waals surface area contributed by atoms with Crippen LogP contribution >= 0.6 is 0 Å². The second-order valence-electron chi connectivity index (χ2n) is 5.14. The van der Waals surface area contributed by atoms with Crippen LogP contribution in [0, 0.1) is 0 Å². The van der Waals surface area contributed by atoms with E-state index in [1.54, 1.807) is 24.3 Å². The van der Waals surface area contributed by atoms with Gasteiger partial charge in [-0.25, -0.2) is 9.78 Å². The molecular formula is C18H14N2O3. The van der Waals surface area contributed by atoms with Gasteiger partial charge in [-0.2, -0.15) is 0 Å². The number of aromatic nitrogens is 1. The number of amides is 1. The minimum absolute atomic E-state index is 0.184. The van der Waals surface area contributed by atoms with Gasteiger partial charge in [0.05, 0.1) is 16.8 Å².